The maximum Gasteiger partial charge on any atom is 0.0239 e. The molecule has 2 unspecified atom stereocenters. The van der Waals surface area contributed by atoms with Gasteiger partial charge in [0.1, 0.15) is 0 Å². The van der Waals surface area contributed by atoms with Gasteiger partial charge in [0, 0.05) is 13.1 Å². The maximum absolute atomic E-state index is 5.90. The van der Waals surface area contributed by atoms with Crippen LogP contribution in [-0.2, 0) is 6.54 Å². The van der Waals surface area contributed by atoms with E-state index >= 15 is 0 Å². The number of rotatable bonds is 3. The number of aryl methyl sites for hydroxylation is 3. The molecule has 0 aromatic heterocycles. The Labute approximate surface area is 118 Å². The van der Waals surface area contributed by atoms with Crippen LogP contribution in [0, 0.1) is 32.6 Å². The summed E-state index contributed by atoms with van der Waals surface area (Å²) < 4.78 is 0. The maximum atomic E-state index is 5.90. The van der Waals surface area contributed by atoms with Crippen LogP contribution in [-0.4, -0.2) is 24.5 Å². The van der Waals surface area contributed by atoms with Crippen LogP contribution < -0.4 is 5.73 Å². The summed E-state index contributed by atoms with van der Waals surface area (Å²) in [5, 5.41) is 0. The molecule has 2 heteroatoms. The summed E-state index contributed by atoms with van der Waals surface area (Å²) in [7, 11) is 0. The highest BCUT2D eigenvalue weighted by molar-refractivity contribution is 5.37. The standard InChI is InChI=1S/C17H28N2/c1-12-7-14(3)17(15(4)8-12)11-19-6-5-13(2)16(9-18)10-19/h7-8,13,16H,5-6,9-11,18H2,1-4H3. The Morgan fingerprint density at radius 3 is 2.42 bits per heavy atom. The Hall–Kier alpha value is -0.860. The number of hydrogen-bond donors (Lipinski definition) is 1. The molecule has 1 aromatic rings. The van der Waals surface area contributed by atoms with Crippen LogP contribution in [0.4, 0.5) is 0 Å². The van der Waals surface area contributed by atoms with Gasteiger partial charge in [-0.25, -0.2) is 0 Å². The van der Waals surface area contributed by atoms with Crippen LogP contribution in [0.5, 0.6) is 0 Å². The van der Waals surface area contributed by atoms with Crippen molar-refractivity contribution in [3.8, 4) is 0 Å². The van der Waals surface area contributed by atoms with E-state index in [1.54, 1.807) is 0 Å². The van der Waals surface area contributed by atoms with Crippen LogP contribution in [0.25, 0.3) is 0 Å². The predicted octanol–water partition coefficient (Wildman–Crippen LogP) is 3.03. The highest BCUT2D eigenvalue weighted by Crippen LogP contribution is 2.25. The largest absolute Gasteiger partial charge is 0.330 e. The molecule has 19 heavy (non-hydrogen) atoms. The van der Waals surface area contributed by atoms with Crippen LogP contribution in [0.15, 0.2) is 12.1 Å². The van der Waals surface area contributed by atoms with E-state index in [4.69, 9.17) is 5.73 Å². The summed E-state index contributed by atoms with van der Waals surface area (Å²) in [6.07, 6.45) is 1.28. The van der Waals surface area contributed by atoms with Crippen LogP contribution in [0.3, 0.4) is 0 Å². The molecule has 0 spiro atoms. The van der Waals surface area contributed by atoms with Gasteiger partial charge in [0.15, 0.2) is 0 Å². The van der Waals surface area contributed by atoms with Gasteiger partial charge in [-0.2, -0.15) is 0 Å². The molecule has 1 heterocycles. The lowest BCUT2D eigenvalue weighted by Gasteiger charge is -2.37. The Morgan fingerprint density at radius 1 is 1.21 bits per heavy atom. The zero-order valence-corrected chi connectivity index (χ0v) is 12.9. The van der Waals surface area contributed by atoms with Gasteiger partial charge in [0.05, 0.1) is 0 Å². The van der Waals surface area contributed by atoms with Gasteiger partial charge < -0.3 is 5.73 Å². The zero-order valence-electron chi connectivity index (χ0n) is 12.9. The van der Waals surface area contributed by atoms with Gasteiger partial charge in [-0.05, 0) is 68.8 Å². The van der Waals surface area contributed by atoms with Gasteiger partial charge in [-0.15, -0.1) is 0 Å². The van der Waals surface area contributed by atoms with Gasteiger partial charge in [0.2, 0.25) is 0 Å². The molecule has 1 saturated heterocycles. The van der Waals surface area contributed by atoms with Crippen molar-refractivity contribution in [3.63, 3.8) is 0 Å². The molecule has 0 bridgehead atoms. The Balaban J connectivity index is 2.09. The molecule has 2 N–H and O–H groups in total. The van der Waals surface area contributed by atoms with Crippen LogP contribution in [0.2, 0.25) is 0 Å². The van der Waals surface area contributed by atoms with Crippen LogP contribution in [0.1, 0.15) is 35.6 Å². The van der Waals surface area contributed by atoms with Crippen molar-refractivity contribution >= 4 is 0 Å². The second-order valence-electron chi connectivity index (χ2n) is 6.37. The van der Waals surface area contributed by atoms with E-state index < -0.39 is 0 Å². The minimum absolute atomic E-state index is 0.666. The lowest BCUT2D eigenvalue weighted by Crippen LogP contribution is -2.42. The van der Waals surface area contributed by atoms with Gasteiger partial charge in [0.25, 0.3) is 0 Å². The van der Waals surface area contributed by atoms with Gasteiger partial charge in [-0.1, -0.05) is 24.6 Å². The quantitative estimate of drug-likeness (QED) is 0.905. The highest BCUT2D eigenvalue weighted by Gasteiger charge is 2.25. The van der Waals surface area contributed by atoms with E-state index in [0.29, 0.717) is 5.92 Å². The third kappa shape index (κ3) is 3.37. The molecular formula is C17H28N2. The fraction of sp³-hybridized carbons (Fsp3) is 0.647. The number of hydrogen-bond acceptors (Lipinski definition) is 2. The molecule has 0 radical (unpaired) electrons. The van der Waals surface area contributed by atoms with Crippen LogP contribution >= 0.6 is 0 Å². The first-order valence-electron chi connectivity index (χ1n) is 7.50. The Kier molecular flexibility index (Phi) is 4.64. The predicted molar refractivity (Wildman–Crippen MR) is 82.3 cm³/mol. The third-order valence-corrected chi connectivity index (χ3v) is 4.72. The number of benzene rings is 1. The lowest BCUT2D eigenvalue weighted by atomic mass is 9.86. The first-order valence-corrected chi connectivity index (χ1v) is 7.50. The smallest absolute Gasteiger partial charge is 0.0239 e. The number of nitrogens with two attached hydrogens (primary N) is 1. The molecule has 1 aliphatic rings. The van der Waals surface area contributed by atoms with E-state index in [1.807, 2.05) is 0 Å². The van der Waals surface area contributed by atoms with Crippen molar-refractivity contribution in [2.24, 2.45) is 17.6 Å². The van der Waals surface area contributed by atoms with Crippen molar-refractivity contribution < 1.29 is 0 Å². The first kappa shape index (κ1) is 14.5. The summed E-state index contributed by atoms with van der Waals surface area (Å²) >= 11 is 0. The van der Waals surface area contributed by atoms with Gasteiger partial charge in [-0.3, -0.25) is 4.90 Å². The molecule has 1 aliphatic heterocycles. The first-order chi connectivity index (χ1) is 9.01. The fourth-order valence-corrected chi connectivity index (χ4v) is 3.36. The minimum atomic E-state index is 0.666. The van der Waals surface area contributed by atoms with Crippen molar-refractivity contribution in [1.82, 2.24) is 4.90 Å². The van der Waals surface area contributed by atoms with E-state index in [2.05, 4.69) is 44.7 Å². The Morgan fingerprint density at radius 2 is 1.84 bits per heavy atom. The van der Waals surface area contributed by atoms with E-state index in [9.17, 15) is 0 Å². The van der Waals surface area contributed by atoms with Crippen molar-refractivity contribution in [2.45, 2.75) is 40.7 Å². The SMILES string of the molecule is Cc1cc(C)c(CN2CCC(C)C(CN)C2)c(C)c1. The van der Waals surface area contributed by atoms with Gasteiger partial charge >= 0.3 is 0 Å². The summed E-state index contributed by atoms with van der Waals surface area (Å²) in [5.41, 5.74) is 11.6. The van der Waals surface area contributed by atoms with Crippen molar-refractivity contribution in [2.75, 3.05) is 19.6 Å². The molecule has 2 rings (SSSR count). The molecule has 2 nitrogen and oxygen atoms in total. The van der Waals surface area contributed by atoms with Crippen molar-refractivity contribution in [1.29, 1.82) is 0 Å². The average molecular weight is 260 g/mol. The summed E-state index contributed by atoms with van der Waals surface area (Å²) in [4.78, 5) is 2.59. The second-order valence-corrected chi connectivity index (χ2v) is 6.37. The topological polar surface area (TPSA) is 29.3 Å². The lowest BCUT2D eigenvalue weighted by molar-refractivity contribution is 0.126. The molecule has 1 aromatic carbocycles. The third-order valence-electron chi connectivity index (χ3n) is 4.72. The summed E-state index contributed by atoms with van der Waals surface area (Å²) in [5.74, 6) is 1.45. The van der Waals surface area contributed by atoms with E-state index in [0.717, 1.165) is 25.6 Å². The molecule has 2 atom stereocenters. The highest BCUT2D eigenvalue weighted by atomic mass is 15.1. The minimum Gasteiger partial charge on any atom is -0.330 e. The average Bonchev–Trinajstić information content (AvgIpc) is 2.35. The number of nitrogens with zero attached hydrogens (tertiary/aromatic N) is 1. The molecule has 0 saturated carbocycles. The number of piperidine rings is 1. The Bertz CT molecular complexity index is 416. The monoisotopic (exact) mass is 260 g/mol. The summed E-state index contributed by atoms with van der Waals surface area (Å²) in [6.45, 7) is 13.3. The number of likely N-dealkylation sites (tertiary alicyclic amines) is 1. The molecule has 106 valence electrons. The summed E-state index contributed by atoms with van der Waals surface area (Å²) in [6, 6.07) is 4.60. The molecule has 1 fully saturated rings. The molecule has 0 aliphatic carbocycles. The zero-order chi connectivity index (χ0) is 14.0. The second kappa shape index (κ2) is 6.06. The van der Waals surface area contributed by atoms with E-state index in [1.165, 1.54) is 35.2 Å². The molecular weight excluding hydrogens is 232 g/mol. The normalized spacial score (nSPS) is 24.7. The van der Waals surface area contributed by atoms with Crippen molar-refractivity contribution in [3.05, 3.63) is 34.4 Å². The fourth-order valence-electron chi connectivity index (χ4n) is 3.36. The molecule has 0 amide bonds. The van der Waals surface area contributed by atoms with E-state index in [-0.39, 0.29) is 0 Å².